The van der Waals surface area contributed by atoms with Crippen LogP contribution in [0.3, 0.4) is 0 Å². The van der Waals surface area contributed by atoms with Gasteiger partial charge in [0, 0.05) is 6.42 Å². The predicted molar refractivity (Wildman–Crippen MR) is 48.1 cm³/mol. The van der Waals surface area contributed by atoms with Crippen LogP contribution in [0, 0.1) is 5.92 Å². The first kappa shape index (κ1) is 9.96. The van der Waals surface area contributed by atoms with Crippen LogP contribution in [0.1, 0.15) is 25.7 Å². The third-order valence-corrected chi connectivity index (χ3v) is 2.17. The molecule has 0 aromatic rings. The van der Waals surface area contributed by atoms with E-state index in [9.17, 15) is 9.59 Å². The zero-order valence-electron chi connectivity index (χ0n) is 7.79. The van der Waals surface area contributed by atoms with Crippen LogP contribution in [0.15, 0.2) is 12.2 Å². The number of allylic oxidation sites excluding steroid dienone is 2. The lowest BCUT2D eigenvalue weighted by molar-refractivity contribution is -0.143. The van der Waals surface area contributed by atoms with Gasteiger partial charge in [-0.1, -0.05) is 12.2 Å². The highest BCUT2D eigenvalue weighted by Gasteiger charge is 2.16. The summed E-state index contributed by atoms with van der Waals surface area (Å²) in [5, 5.41) is 0. The summed E-state index contributed by atoms with van der Waals surface area (Å²) in [4.78, 5) is 22.0. The minimum absolute atomic E-state index is 0.0246. The Labute approximate surface area is 77.8 Å². The number of ketones is 1. The molecule has 0 heterocycles. The van der Waals surface area contributed by atoms with Gasteiger partial charge in [-0.2, -0.15) is 0 Å². The van der Waals surface area contributed by atoms with Gasteiger partial charge < -0.3 is 4.74 Å². The Kier molecular flexibility index (Phi) is 3.68. The van der Waals surface area contributed by atoms with Crippen LogP contribution >= 0.6 is 0 Å². The van der Waals surface area contributed by atoms with E-state index in [1.165, 1.54) is 7.11 Å². The molecule has 1 rings (SSSR count). The summed E-state index contributed by atoms with van der Waals surface area (Å²) in [5.41, 5.74) is 0. The molecule has 0 fully saturated rings. The summed E-state index contributed by atoms with van der Waals surface area (Å²) in [6.07, 6.45) is 6.61. The first-order chi connectivity index (χ1) is 6.22. The van der Waals surface area contributed by atoms with Gasteiger partial charge in [0.2, 0.25) is 0 Å². The molecule has 0 N–H and O–H groups in total. The Morgan fingerprint density at radius 2 is 2.31 bits per heavy atom. The average molecular weight is 182 g/mol. The van der Waals surface area contributed by atoms with Crippen molar-refractivity contribution in [2.45, 2.75) is 25.7 Å². The molecule has 0 amide bonds. The molecule has 1 atom stereocenters. The van der Waals surface area contributed by atoms with E-state index in [0.29, 0.717) is 12.3 Å². The van der Waals surface area contributed by atoms with E-state index in [1.54, 1.807) is 0 Å². The molecule has 72 valence electrons. The van der Waals surface area contributed by atoms with Gasteiger partial charge in [0.05, 0.1) is 7.11 Å². The molecule has 1 aliphatic rings. The minimum atomic E-state index is -0.438. The number of carbonyl (C=O) groups excluding carboxylic acids is 2. The fourth-order valence-corrected chi connectivity index (χ4v) is 1.46. The maximum Gasteiger partial charge on any atom is 0.313 e. The lowest BCUT2D eigenvalue weighted by Crippen LogP contribution is -2.11. The van der Waals surface area contributed by atoms with E-state index in [4.69, 9.17) is 0 Å². The van der Waals surface area contributed by atoms with Crippen molar-refractivity contribution < 1.29 is 14.3 Å². The Morgan fingerprint density at radius 3 is 2.85 bits per heavy atom. The molecule has 0 aromatic carbocycles. The average Bonchev–Trinajstić information content (AvgIpc) is 2.56. The molecule has 0 aliphatic heterocycles. The fourth-order valence-electron chi connectivity index (χ4n) is 1.46. The van der Waals surface area contributed by atoms with Crippen LogP contribution in [-0.4, -0.2) is 18.9 Å². The minimum Gasteiger partial charge on any atom is -0.469 e. The fraction of sp³-hybridized carbons (Fsp3) is 0.600. The second-order valence-electron chi connectivity index (χ2n) is 3.26. The van der Waals surface area contributed by atoms with Gasteiger partial charge in [-0.15, -0.1) is 0 Å². The first-order valence-corrected chi connectivity index (χ1v) is 4.47. The van der Waals surface area contributed by atoms with Gasteiger partial charge in [-0.3, -0.25) is 9.59 Å². The van der Waals surface area contributed by atoms with E-state index in [1.807, 2.05) is 0 Å². The molecule has 0 spiro atoms. The highest BCUT2D eigenvalue weighted by Crippen LogP contribution is 2.20. The lowest BCUT2D eigenvalue weighted by Gasteiger charge is -2.04. The summed E-state index contributed by atoms with van der Waals surface area (Å²) >= 11 is 0. The molecule has 0 saturated heterocycles. The number of ether oxygens (including phenoxy) is 1. The van der Waals surface area contributed by atoms with Crippen LogP contribution in [0.25, 0.3) is 0 Å². The van der Waals surface area contributed by atoms with Crippen LogP contribution in [0.4, 0.5) is 0 Å². The Balaban J connectivity index is 2.24. The topological polar surface area (TPSA) is 43.4 Å². The first-order valence-electron chi connectivity index (χ1n) is 4.47. The Bertz CT molecular complexity index is 230. The van der Waals surface area contributed by atoms with Gasteiger partial charge >= 0.3 is 5.97 Å². The highest BCUT2D eigenvalue weighted by molar-refractivity contribution is 5.95. The number of Topliss-reactive ketones (excluding diaryl/α,β-unsaturated/α-hetero) is 1. The molecule has 3 nitrogen and oxygen atoms in total. The van der Waals surface area contributed by atoms with Crippen molar-refractivity contribution in [3.05, 3.63) is 12.2 Å². The zero-order chi connectivity index (χ0) is 9.68. The Hall–Kier alpha value is -1.12. The van der Waals surface area contributed by atoms with Crippen molar-refractivity contribution in [1.82, 2.24) is 0 Å². The standard InChI is InChI=1S/C10H14O3/c1-13-10(12)7-9(11)6-8-4-2-3-5-8/h2,4,8H,3,5-7H2,1H3. The van der Waals surface area contributed by atoms with Crippen LogP contribution < -0.4 is 0 Å². The molecule has 0 aromatic heterocycles. The van der Waals surface area contributed by atoms with Gasteiger partial charge in [-0.25, -0.2) is 0 Å². The van der Waals surface area contributed by atoms with Crippen molar-refractivity contribution in [3.8, 4) is 0 Å². The van der Waals surface area contributed by atoms with Gasteiger partial charge in [0.1, 0.15) is 12.2 Å². The maximum absolute atomic E-state index is 11.2. The van der Waals surface area contributed by atoms with Crippen LogP contribution in [0.2, 0.25) is 0 Å². The molecular weight excluding hydrogens is 168 g/mol. The molecule has 1 aliphatic carbocycles. The number of hydrogen-bond acceptors (Lipinski definition) is 3. The smallest absolute Gasteiger partial charge is 0.313 e. The number of hydrogen-bond donors (Lipinski definition) is 0. The van der Waals surface area contributed by atoms with Crippen molar-refractivity contribution >= 4 is 11.8 Å². The number of methoxy groups -OCH3 is 1. The van der Waals surface area contributed by atoms with Crippen LogP contribution in [-0.2, 0) is 14.3 Å². The third-order valence-electron chi connectivity index (χ3n) is 2.17. The number of esters is 1. The monoisotopic (exact) mass is 182 g/mol. The second kappa shape index (κ2) is 4.80. The lowest BCUT2D eigenvalue weighted by atomic mass is 10.0. The molecule has 1 unspecified atom stereocenters. The molecule has 3 heteroatoms. The highest BCUT2D eigenvalue weighted by atomic mass is 16.5. The van der Waals surface area contributed by atoms with Crippen molar-refractivity contribution in [1.29, 1.82) is 0 Å². The molecule has 0 bridgehead atoms. The largest absolute Gasteiger partial charge is 0.469 e. The van der Waals surface area contributed by atoms with Gasteiger partial charge in [0.25, 0.3) is 0 Å². The van der Waals surface area contributed by atoms with E-state index in [0.717, 1.165) is 12.8 Å². The SMILES string of the molecule is COC(=O)CC(=O)CC1C=CCC1. The summed E-state index contributed by atoms with van der Waals surface area (Å²) in [6, 6.07) is 0. The third kappa shape index (κ3) is 3.40. The molecular formula is C10H14O3. The molecule has 13 heavy (non-hydrogen) atoms. The van der Waals surface area contributed by atoms with Gasteiger partial charge in [0.15, 0.2) is 0 Å². The summed E-state index contributed by atoms with van der Waals surface area (Å²) in [7, 11) is 1.30. The molecule has 0 saturated carbocycles. The quantitative estimate of drug-likeness (QED) is 0.375. The summed E-state index contributed by atoms with van der Waals surface area (Å²) < 4.78 is 4.41. The predicted octanol–water partition coefficient (Wildman–Crippen LogP) is 1.47. The van der Waals surface area contributed by atoms with E-state index in [2.05, 4.69) is 16.9 Å². The van der Waals surface area contributed by atoms with E-state index >= 15 is 0 Å². The second-order valence-corrected chi connectivity index (χ2v) is 3.26. The summed E-state index contributed by atoms with van der Waals surface area (Å²) in [5.74, 6) is -0.118. The maximum atomic E-state index is 11.2. The van der Waals surface area contributed by atoms with E-state index in [-0.39, 0.29) is 12.2 Å². The normalized spacial score (nSPS) is 20.2. The molecule has 0 radical (unpaired) electrons. The van der Waals surface area contributed by atoms with E-state index < -0.39 is 5.97 Å². The van der Waals surface area contributed by atoms with Crippen molar-refractivity contribution in [2.75, 3.05) is 7.11 Å². The number of carbonyl (C=O) groups is 2. The van der Waals surface area contributed by atoms with Crippen molar-refractivity contribution in [2.24, 2.45) is 5.92 Å². The van der Waals surface area contributed by atoms with Crippen LogP contribution in [0.5, 0.6) is 0 Å². The number of rotatable bonds is 4. The van der Waals surface area contributed by atoms with Gasteiger partial charge in [-0.05, 0) is 18.8 Å². The Morgan fingerprint density at radius 1 is 1.54 bits per heavy atom. The van der Waals surface area contributed by atoms with Crippen molar-refractivity contribution in [3.63, 3.8) is 0 Å². The summed E-state index contributed by atoms with van der Waals surface area (Å²) in [6.45, 7) is 0. The zero-order valence-corrected chi connectivity index (χ0v) is 7.79.